The lowest BCUT2D eigenvalue weighted by atomic mass is 9.77. The average Bonchev–Trinajstić information content (AvgIpc) is 3.80. The van der Waals surface area contributed by atoms with Crippen molar-refractivity contribution in [3.63, 3.8) is 0 Å². The number of furan rings is 1. The number of nitrogens with zero attached hydrogens (tertiary/aromatic N) is 3. The van der Waals surface area contributed by atoms with Gasteiger partial charge in [0.1, 0.15) is 35.3 Å². The molecule has 0 spiro atoms. The molecule has 0 amide bonds. The van der Waals surface area contributed by atoms with Gasteiger partial charge in [0.15, 0.2) is 12.2 Å². The summed E-state index contributed by atoms with van der Waals surface area (Å²) < 4.78 is 14.1. The van der Waals surface area contributed by atoms with Crippen molar-refractivity contribution in [2.24, 2.45) is 0 Å². The molecular formula is C43H39N3O+2. The van der Waals surface area contributed by atoms with Crippen LogP contribution in [-0.2, 0) is 12.8 Å². The second-order valence-corrected chi connectivity index (χ2v) is 13.1. The first-order valence-electron chi connectivity index (χ1n) is 17.1. The normalized spacial score (nSPS) is 17.8. The van der Waals surface area contributed by atoms with Crippen molar-refractivity contribution in [3.8, 4) is 28.3 Å². The summed E-state index contributed by atoms with van der Waals surface area (Å²) in [5.41, 5.74) is 12.4. The van der Waals surface area contributed by atoms with Gasteiger partial charge >= 0.3 is 0 Å². The van der Waals surface area contributed by atoms with Gasteiger partial charge in [0.25, 0.3) is 5.82 Å². The summed E-state index contributed by atoms with van der Waals surface area (Å²) in [5, 5.41) is 2.33. The van der Waals surface area contributed by atoms with Crippen LogP contribution in [0.4, 0.5) is 0 Å². The molecule has 7 aromatic rings. The summed E-state index contributed by atoms with van der Waals surface area (Å²) in [6.45, 7) is 9.04. The van der Waals surface area contributed by atoms with Gasteiger partial charge in [-0.1, -0.05) is 93.9 Å². The lowest BCUT2D eigenvalue weighted by Gasteiger charge is -2.31. The minimum absolute atomic E-state index is 0.0389. The summed E-state index contributed by atoms with van der Waals surface area (Å²) in [6, 6.07) is 35.6. The van der Waals surface area contributed by atoms with Gasteiger partial charge in [-0.15, -0.1) is 0 Å². The third kappa shape index (κ3) is 4.00. The molecule has 47 heavy (non-hydrogen) atoms. The van der Waals surface area contributed by atoms with E-state index in [2.05, 4.69) is 156 Å². The summed E-state index contributed by atoms with van der Waals surface area (Å²) in [7, 11) is 0. The van der Waals surface area contributed by atoms with Crippen molar-refractivity contribution in [1.82, 2.24) is 4.57 Å². The minimum atomic E-state index is 0.0389. The summed E-state index contributed by atoms with van der Waals surface area (Å²) >= 11 is 0. The fraction of sp³-hybridized carbons (Fsp3) is 0.209. The van der Waals surface area contributed by atoms with E-state index in [4.69, 9.17) is 4.42 Å². The van der Waals surface area contributed by atoms with Crippen LogP contribution in [-0.4, -0.2) is 4.57 Å². The smallest absolute Gasteiger partial charge is 0.294 e. The Balaban J connectivity index is 1.28. The molecule has 5 heterocycles. The Morgan fingerprint density at radius 2 is 1.51 bits per heavy atom. The second kappa shape index (κ2) is 10.9. The Kier molecular flexibility index (Phi) is 6.53. The molecular weight excluding hydrogens is 574 g/mol. The van der Waals surface area contributed by atoms with Crippen LogP contribution in [0.3, 0.4) is 0 Å². The van der Waals surface area contributed by atoms with E-state index in [1.807, 2.05) is 0 Å². The molecule has 3 atom stereocenters. The fourth-order valence-electron chi connectivity index (χ4n) is 8.70. The van der Waals surface area contributed by atoms with E-state index in [-0.39, 0.29) is 18.0 Å². The third-order valence-electron chi connectivity index (χ3n) is 10.5. The zero-order valence-corrected chi connectivity index (χ0v) is 27.1. The Bertz CT molecular complexity index is 2320. The van der Waals surface area contributed by atoms with Gasteiger partial charge < -0.3 is 4.42 Å². The predicted octanol–water partition coefficient (Wildman–Crippen LogP) is 9.62. The Hall–Kier alpha value is -5.22. The van der Waals surface area contributed by atoms with Gasteiger partial charge in [-0.3, -0.25) is 0 Å². The SMILES string of the molecule is C=CC1C(C2c3ccc4c(oc5ccccc54)c3-c3cccc[n+]32)c2ccccc2-c2n(-c3c(CCC)cccc3CCC)cc[n+]21. The zero-order chi connectivity index (χ0) is 31.6. The Morgan fingerprint density at radius 3 is 2.32 bits per heavy atom. The molecule has 4 heteroatoms. The van der Waals surface area contributed by atoms with E-state index in [1.54, 1.807) is 0 Å². The molecule has 2 aliphatic heterocycles. The molecule has 2 aliphatic rings. The standard InChI is InChI=1S/C43H39N3O/c1-4-14-28-16-13-17-29(15-5-2)40(28)46-27-26-45-35(6-3)38(31-19-7-8-20-33(31)43(45)46)41-34-24-23-32-30-18-9-10-22-37(30)47-42(32)39(34)36-21-11-12-25-44(36)41/h6-13,16-27,35,38,41H,3-5,14-15H2,1-2H3/q+2. The highest BCUT2D eigenvalue weighted by Crippen LogP contribution is 2.52. The van der Waals surface area contributed by atoms with Gasteiger partial charge in [-0.05, 0) is 59.9 Å². The van der Waals surface area contributed by atoms with Crippen molar-refractivity contribution >= 4 is 21.9 Å². The maximum Gasteiger partial charge on any atom is 0.294 e. The highest BCUT2D eigenvalue weighted by Gasteiger charge is 2.52. The molecule has 230 valence electrons. The van der Waals surface area contributed by atoms with Crippen LogP contribution in [0.25, 0.3) is 50.3 Å². The zero-order valence-electron chi connectivity index (χ0n) is 27.1. The molecule has 0 fully saturated rings. The molecule has 9 rings (SSSR count). The average molecular weight is 614 g/mol. The summed E-state index contributed by atoms with van der Waals surface area (Å²) in [5.74, 6) is 1.35. The van der Waals surface area contributed by atoms with E-state index in [0.29, 0.717) is 0 Å². The van der Waals surface area contributed by atoms with E-state index in [1.165, 1.54) is 56.0 Å². The van der Waals surface area contributed by atoms with Crippen molar-refractivity contribution in [3.05, 3.63) is 151 Å². The molecule has 0 bridgehead atoms. The first kappa shape index (κ1) is 28.0. The third-order valence-corrected chi connectivity index (χ3v) is 10.5. The Morgan fingerprint density at radius 1 is 0.745 bits per heavy atom. The first-order valence-corrected chi connectivity index (χ1v) is 17.1. The Labute approximate surface area is 275 Å². The number of imidazole rings is 1. The molecule has 3 aromatic heterocycles. The van der Waals surface area contributed by atoms with Crippen LogP contribution >= 0.6 is 0 Å². The van der Waals surface area contributed by atoms with Crippen LogP contribution in [0.5, 0.6) is 0 Å². The topological polar surface area (TPSA) is 25.8 Å². The lowest BCUT2D eigenvalue weighted by Crippen LogP contribution is -2.52. The van der Waals surface area contributed by atoms with Gasteiger partial charge in [-0.25, -0.2) is 4.57 Å². The van der Waals surface area contributed by atoms with Crippen molar-refractivity contribution < 1.29 is 13.6 Å². The van der Waals surface area contributed by atoms with Crippen molar-refractivity contribution in [2.75, 3.05) is 0 Å². The number of fused-ring (bicyclic) bond motifs is 10. The minimum Gasteiger partial charge on any atom is -0.455 e. The highest BCUT2D eigenvalue weighted by molar-refractivity contribution is 6.10. The molecule has 4 aromatic carbocycles. The van der Waals surface area contributed by atoms with Crippen molar-refractivity contribution in [2.45, 2.75) is 57.5 Å². The molecule has 0 N–H and O–H groups in total. The lowest BCUT2D eigenvalue weighted by molar-refractivity contribution is -0.738. The number of rotatable bonds is 7. The van der Waals surface area contributed by atoms with E-state index >= 15 is 0 Å². The number of hydrogen-bond donors (Lipinski definition) is 0. The molecule has 0 saturated carbocycles. The number of aryl methyl sites for hydroxylation is 2. The van der Waals surface area contributed by atoms with E-state index < -0.39 is 0 Å². The van der Waals surface area contributed by atoms with Gasteiger partial charge in [0, 0.05) is 28.5 Å². The monoisotopic (exact) mass is 613 g/mol. The second-order valence-electron chi connectivity index (χ2n) is 13.1. The maximum absolute atomic E-state index is 6.64. The van der Waals surface area contributed by atoms with Crippen LogP contribution < -0.4 is 9.13 Å². The van der Waals surface area contributed by atoms with Crippen LogP contribution in [0, 0.1) is 0 Å². The number of allylic oxidation sites excluding steroid dienone is 1. The summed E-state index contributed by atoms with van der Waals surface area (Å²) in [4.78, 5) is 0. The quantitative estimate of drug-likeness (QED) is 0.130. The van der Waals surface area contributed by atoms with E-state index in [9.17, 15) is 0 Å². The largest absolute Gasteiger partial charge is 0.455 e. The number of benzene rings is 4. The van der Waals surface area contributed by atoms with Crippen LogP contribution in [0.1, 0.15) is 66.9 Å². The molecule has 0 saturated heterocycles. The molecule has 3 unspecified atom stereocenters. The fourth-order valence-corrected chi connectivity index (χ4v) is 8.70. The van der Waals surface area contributed by atoms with Crippen LogP contribution in [0.2, 0.25) is 0 Å². The number of hydrogen-bond acceptors (Lipinski definition) is 1. The maximum atomic E-state index is 6.64. The molecule has 0 radical (unpaired) electrons. The van der Waals surface area contributed by atoms with Crippen LogP contribution in [0.15, 0.2) is 133 Å². The van der Waals surface area contributed by atoms with Gasteiger partial charge in [-0.2, -0.15) is 9.13 Å². The number of aromatic nitrogens is 3. The summed E-state index contributed by atoms with van der Waals surface area (Å²) in [6.07, 6.45) is 13.3. The van der Waals surface area contributed by atoms with Crippen molar-refractivity contribution in [1.29, 1.82) is 0 Å². The first-order chi connectivity index (χ1) is 23.2. The molecule has 0 aliphatic carbocycles. The molecule has 4 nitrogen and oxygen atoms in total. The highest BCUT2D eigenvalue weighted by atomic mass is 16.3. The van der Waals surface area contributed by atoms with Gasteiger partial charge in [0.2, 0.25) is 5.69 Å². The van der Waals surface area contributed by atoms with Gasteiger partial charge in [0.05, 0.1) is 17.0 Å². The van der Waals surface area contributed by atoms with E-state index in [0.717, 1.165) is 42.2 Å². The predicted molar refractivity (Wildman–Crippen MR) is 189 cm³/mol. The number of pyridine rings is 1. The number of para-hydroxylation sites is 2.